The predicted molar refractivity (Wildman–Crippen MR) is 76.9 cm³/mol. The first-order valence-electron chi connectivity index (χ1n) is 6.84. The molecule has 0 heterocycles. The molecule has 0 fully saturated rings. The van der Waals surface area contributed by atoms with Gasteiger partial charge in [-0.05, 0) is 30.5 Å². The van der Waals surface area contributed by atoms with Crippen LogP contribution in [0.4, 0.5) is 0 Å². The highest BCUT2D eigenvalue weighted by Crippen LogP contribution is 2.22. The van der Waals surface area contributed by atoms with Gasteiger partial charge >= 0.3 is 5.97 Å². The van der Waals surface area contributed by atoms with E-state index in [0.29, 0.717) is 12.8 Å². The van der Waals surface area contributed by atoms with E-state index >= 15 is 0 Å². The van der Waals surface area contributed by atoms with Gasteiger partial charge in [0.25, 0.3) is 0 Å². The van der Waals surface area contributed by atoms with E-state index in [1.807, 2.05) is 6.92 Å². The Kier molecular flexibility index (Phi) is 6.48. The van der Waals surface area contributed by atoms with Crippen LogP contribution in [-0.4, -0.2) is 35.4 Å². The molecule has 5 heteroatoms. The summed E-state index contributed by atoms with van der Waals surface area (Å²) in [5.74, 6) is -0.174. The molecule has 112 valence electrons. The maximum absolute atomic E-state index is 11.1. The molecule has 3 N–H and O–H groups in total. The minimum atomic E-state index is -0.895. The molecule has 0 aromatic heterocycles. The Balaban J connectivity index is 2.79. The van der Waals surface area contributed by atoms with Crippen molar-refractivity contribution >= 4 is 5.97 Å². The van der Waals surface area contributed by atoms with Crippen molar-refractivity contribution in [2.75, 3.05) is 7.11 Å². The van der Waals surface area contributed by atoms with Crippen LogP contribution >= 0.6 is 0 Å². The Morgan fingerprint density at radius 1 is 1.25 bits per heavy atom. The van der Waals surface area contributed by atoms with Crippen molar-refractivity contribution in [3.8, 4) is 5.75 Å². The lowest BCUT2D eigenvalue weighted by Gasteiger charge is -2.26. The number of ether oxygens (including phenoxy) is 1. The lowest BCUT2D eigenvalue weighted by Crippen LogP contribution is -2.45. The fourth-order valence-corrected chi connectivity index (χ4v) is 2.09. The van der Waals surface area contributed by atoms with Crippen LogP contribution in [-0.2, 0) is 4.79 Å². The molecule has 0 aliphatic rings. The molecular formula is C15H23NO4. The molecule has 0 saturated heterocycles. The summed E-state index contributed by atoms with van der Waals surface area (Å²) in [6, 6.07) is 6.18. The molecule has 3 unspecified atom stereocenters. The fourth-order valence-electron chi connectivity index (χ4n) is 2.09. The third-order valence-electron chi connectivity index (χ3n) is 3.40. The van der Waals surface area contributed by atoms with E-state index in [2.05, 4.69) is 5.32 Å². The summed E-state index contributed by atoms with van der Waals surface area (Å²) in [7, 11) is 1.58. The molecule has 1 aromatic carbocycles. The van der Waals surface area contributed by atoms with Crippen molar-refractivity contribution in [3.05, 3.63) is 29.8 Å². The van der Waals surface area contributed by atoms with E-state index in [1.165, 1.54) is 0 Å². The molecule has 0 aliphatic carbocycles. The molecule has 0 spiro atoms. The van der Waals surface area contributed by atoms with Crippen LogP contribution in [0.25, 0.3) is 0 Å². The van der Waals surface area contributed by atoms with E-state index in [1.54, 1.807) is 38.3 Å². The second-order valence-electron chi connectivity index (χ2n) is 4.70. The van der Waals surface area contributed by atoms with E-state index in [9.17, 15) is 9.90 Å². The highest BCUT2D eigenvalue weighted by Gasteiger charge is 2.24. The Morgan fingerprint density at radius 3 is 2.25 bits per heavy atom. The third-order valence-corrected chi connectivity index (χ3v) is 3.40. The van der Waals surface area contributed by atoms with Gasteiger partial charge in [-0.3, -0.25) is 10.1 Å². The summed E-state index contributed by atoms with van der Waals surface area (Å²) >= 11 is 0. The van der Waals surface area contributed by atoms with Crippen LogP contribution < -0.4 is 10.1 Å². The normalized spacial score (nSPS) is 15.4. The van der Waals surface area contributed by atoms with Gasteiger partial charge in [0.15, 0.2) is 0 Å². The Hall–Kier alpha value is -1.59. The van der Waals surface area contributed by atoms with Crippen molar-refractivity contribution in [1.29, 1.82) is 0 Å². The lowest BCUT2D eigenvalue weighted by molar-refractivity contribution is -0.140. The molecule has 1 rings (SSSR count). The minimum absolute atomic E-state index is 0.301. The monoisotopic (exact) mass is 281 g/mol. The molecular weight excluding hydrogens is 258 g/mol. The smallest absolute Gasteiger partial charge is 0.320 e. The van der Waals surface area contributed by atoms with E-state index in [0.717, 1.165) is 11.3 Å². The number of methoxy groups -OCH3 is 1. The van der Waals surface area contributed by atoms with E-state index in [4.69, 9.17) is 9.84 Å². The molecule has 0 aliphatic heterocycles. The number of benzene rings is 1. The number of carbonyl (C=O) groups is 1. The summed E-state index contributed by atoms with van der Waals surface area (Å²) in [6.07, 6.45) is 0.359. The number of rotatable bonds is 8. The maximum atomic E-state index is 11.1. The first kappa shape index (κ1) is 16.5. The molecule has 1 aromatic rings. The van der Waals surface area contributed by atoms with Crippen LogP contribution in [0.5, 0.6) is 5.75 Å². The first-order valence-corrected chi connectivity index (χ1v) is 6.84. The predicted octanol–water partition coefficient (Wildman–Crippen LogP) is 1.96. The zero-order chi connectivity index (χ0) is 15.1. The largest absolute Gasteiger partial charge is 0.497 e. The quantitative estimate of drug-likeness (QED) is 0.679. The number of carboxylic acids is 1. The molecule has 5 nitrogen and oxygen atoms in total. The third kappa shape index (κ3) is 4.21. The van der Waals surface area contributed by atoms with Gasteiger partial charge in [-0.15, -0.1) is 0 Å². The van der Waals surface area contributed by atoms with Gasteiger partial charge in [0.05, 0.1) is 13.2 Å². The van der Waals surface area contributed by atoms with Crippen LogP contribution in [0, 0.1) is 0 Å². The minimum Gasteiger partial charge on any atom is -0.497 e. The summed E-state index contributed by atoms with van der Waals surface area (Å²) in [5.41, 5.74) is 0.741. The highest BCUT2D eigenvalue weighted by molar-refractivity contribution is 5.73. The highest BCUT2D eigenvalue weighted by atomic mass is 16.5. The topological polar surface area (TPSA) is 78.8 Å². The summed E-state index contributed by atoms with van der Waals surface area (Å²) in [5, 5.41) is 22.5. The van der Waals surface area contributed by atoms with Gasteiger partial charge < -0.3 is 14.9 Å². The van der Waals surface area contributed by atoms with E-state index < -0.39 is 18.1 Å². The van der Waals surface area contributed by atoms with E-state index in [-0.39, 0.29) is 6.04 Å². The second-order valence-corrected chi connectivity index (χ2v) is 4.70. The number of nitrogens with one attached hydrogen (secondary N) is 1. The number of aliphatic hydroxyl groups is 1. The molecule has 0 radical (unpaired) electrons. The molecule has 3 atom stereocenters. The molecule has 0 amide bonds. The average Bonchev–Trinajstić information content (AvgIpc) is 2.47. The number of hydrogen-bond donors (Lipinski definition) is 3. The molecule has 20 heavy (non-hydrogen) atoms. The SMILES string of the molecule is CCC(NC(CC)C(O)c1ccc(OC)cc1)C(=O)O. The van der Waals surface area contributed by atoms with Gasteiger partial charge in [0.1, 0.15) is 11.8 Å². The average molecular weight is 281 g/mol. The van der Waals surface area contributed by atoms with Gasteiger partial charge in [0.2, 0.25) is 0 Å². The standard InChI is InChI=1S/C15H23NO4/c1-4-12(16-13(5-2)15(18)19)14(17)10-6-8-11(20-3)9-7-10/h6-9,12-14,16-17H,4-5H2,1-3H3,(H,18,19). The zero-order valence-corrected chi connectivity index (χ0v) is 12.2. The van der Waals surface area contributed by atoms with Crippen LogP contribution in [0.3, 0.4) is 0 Å². The summed E-state index contributed by atoms with van der Waals surface area (Å²) < 4.78 is 5.07. The number of aliphatic carboxylic acids is 1. The summed E-state index contributed by atoms with van der Waals surface area (Å²) in [4.78, 5) is 11.1. The molecule has 0 saturated carbocycles. The number of carboxylic acid groups (broad SMARTS) is 1. The maximum Gasteiger partial charge on any atom is 0.320 e. The Morgan fingerprint density at radius 2 is 1.85 bits per heavy atom. The van der Waals surface area contributed by atoms with Crippen molar-refractivity contribution in [2.45, 2.75) is 44.9 Å². The van der Waals surface area contributed by atoms with Crippen LogP contribution in [0.2, 0.25) is 0 Å². The van der Waals surface area contributed by atoms with Gasteiger partial charge in [-0.25, -0.2) is 0 Å². The first-order chi connectivity index (χ1) is 9.53. The zero-order valence-electron chi connectivity index (χ0n) is 12.2. The number of aliphatic hydroxyl groups excluding tert-OH is 1. The lowest BCUT2D eigenvalue weighted by atomic mass is 9.99. The van der Waals surface area contributed by atoms with Crippen LogP contribution in [0.15, 0.2) is 24.3 Å². The van der Waals surface area contributed by atoms with Gasteiger partial charge in [-0.1, -0.05) is 26.0 Å². The Bertz CT molecular complexity index is 418. The van der Waals surface area contributed by atoms with Gasteiger partial charge in [0, 0.05) is 6.04 Å². The van der Waals surface area contributed by atoms with Crippen molar-refractivity contribution < 1.29 is 19.7 Å². The van der Waals surface area contributed by atoms with Crippen molar-refractivity contribution in [1.82, 2.24) is 5.32 Å². The van der Waals surface area contributed by atoms with Crippen molar-refractivity contribution in [2.24, 2.45) is 0 Å². The van der Waals surface area contributed by atoms with Gasteiger partial charge in [-0.2, -0.15) is 0 Å². The summed E-state index contributed by atoms with van der Waals surface area (Å²) in [6.45, 7) is 3.72. The fraction of sp³-hybridized carbons (Fsp3) is 0.533. The second kappa shape index (κ2) is 7.87. The Labute approximate surface area is 119 Å². The van der Waals surface area contributed by atoms with Crippen molar-refractivity contribution in [3.63, 3.8) is 0 Å². The van der Waals surface area contributed by atoms with Crippen LogP contribution in [0.1, 0.15) is 38.4 Å². The number of hydrogen-bond acceptors (Lipinski definition) is 4. The molecule has 0 bridgehead atoms.